The molecular weight excluding hydrogens is 264 g/mol. The van der Waals surface area contributed by atoms with Gasteiger partial charge < -0.3 is 5.73 Å². The second-order valence-corrected chi connectivity index (χ2v) is 6.95. The minimum atomic E-state index is 0.365. The van der Waals surface area contributed by atoms with Crippen molar-refractivity contribution in [3.63, 3.8) is 0 Å². The number of fused-ring (bicyclic) bond motifs is 1. The van der Waals surface area contributed by atoms with Gasteiger partial charge in [0.05, 0.1) is 0 Å². The third kappa shape index (κ3) is 2.39. The van der Waals surface area contributed by atoms with Crippen LogP contribution in [-0.2, 0) is 0 Å². The van der Waals surface area contributed by atoms with Gasteiger partial charge in [-0.05, 0) is 54.6 Å². The van der Waals surface area contributed by atoms with Crippen LogP contribution in [0, 0.1) is 5.92 Å². The highest BCUT2D eigenvalue weighted by Crippen LogP contribution is 2.36. The molecule has 0 spiro atoms. The second-order valence-electron chi connectivity index (χ2n) is 6.04. The number of piperidine rings is 1. The van der Waals surface area contributed by atoms with Crippen LogP contribution in [0.5, 0.6) is 0 Å². The molecule has 0 aliphatic carbocycles. The quantitative estimate of drug-likeness (QED) is 0.924. The van der Waals surface area contributed by atoms with Gasteiger partial charge in [0, 0.05) is 23.3 Å². The van der Waals surface area contributed by atoms with Crippen molar-refractivity contribution in [2.75, 3.05) is 13.1 Å². The van der Waals surface area contributed by atoms with Crippen LogP contribution < -0.4 is 5.73 Å². The predicted octanol–water partition coefficient (Wildman–Crippen LogP) is 4.02. The van der Waals surface area contributed by atoms with E-state index in [4.69, 9.17) is 5.73 Å². The van der Waals surface area contributed by atoms with E-state index in [1.165, 1.54) is 35.0 Å². The molecule has 0 radical (unpaired) electrons. The maximum Gasteiger partial charge on any atom is 0.0487 e. The minimum absolute atomic E-state index is 0.365. The van der Waals surface area contributed by atoms with E-state index in [9.17, 15) is 0 Å². The molecule has 20 heavy (non-hydrogen) atoms. The molecular formula is C17H24N2S. The van der Waals surface area contributed by atoms with Crippen molar-refractivity contribution in [1.82, 2.24) is 4.90 Å². The number of hydrogen-bond acceptors (Lipinski definition) is 3. The Kier molecular flexibility index (Phi) is 4.11. The smallest absolute Gasteiger partial charge is 0.0487 e. The summed E-state index contributed by atoms with van der Waals surface area (Å²) in [6.07, 6.45) is 2.64. The number of thiophene rings is 1. The first-order valence-electron chi connectivity index (χ1n) is 7.64. The number of rotatable bonds is 3. The Bertz CT molecular complexity index is 577. The van der Waals surface area contributed by atoms with Crippen LogP contribution in [0.25, 0.3) is 10.1 Å². The monoisotopic (exact) mass is 288 g/mol. The van der Waals surface area contributed by atoms with Crippen molar-refractivity contribution in [3.8, 4) is 0 Å². The Morgan fingerprint density at radius 3 is 2.95 bits per heavy atom. The average molecular weight is 288 g/mol. The molecule has 0 saturated carbocycles. The minimum Gasteiger partial charge on any atom is -0.329 e. The molecule has 1 aliphatic rings. The van der Waals surface area contributed by atoms with Crippen LogP contribution >= 0.6 is 11.3 Å². The fraction of sp³-hybridized carbons (Fsp3) is 0.529. The molecule has 1 aromatic carbocycles. The largest absolute Gasteiger partial charge is 0.329 e. The van der Waals surface area contributed by atoms with Gasteiger partial charge in [0.25, 0.3) is 0 Å². The van der Waals surface area contributed by atoms with E-state index < -0.39 is 0 Å². The highest BCUT2D eigenvalue weighted by atomic mass is 32.1. The Balaban J connectivity index is 1.97. The van der Waals surface area contributed by atoms with E-state index in [0.29, 0.717) is 18.6 Å². The van der Waals surface area contributed by atoms with Crippen molar-refractivity contribution in [2.24, 2.45) is 11.7 Å². The normalized spacial score (nSPS) is 25.9. The average Bonchev–Trinajstić information content (AvgIpc) is 2.88. The van der Waals surface area contributed by atoms with Gasteiger partial charge in [-0.25, -0.2) is 0 Å². The third-order valence-electron chi connectivity index (χ3n) is 4.92. The summed E-state index contributed by atoms with van der Waals surface area (Å²) in [4.78, 5) is 2.63. The van der Waals surface area contributed by atoms with Crippen molar-refractivity contribution in [1.29, 1.82) is 0 Å². The predicted molar refractivity (Wildman–Crippen MR) is 88.2 cm³/mol. The van der Waals surface area contributed by atoms with Crippen molar-refractivity contribution in [3.05, 3.63) is 35.2 Å². The van der Waals surface area contributed by atoms with E-state index in [0.717, 1.165) is 5.92 Å². The number of nitrogens with zero attached hydrogens (tertiary/aromatic N) is 1. The lowest BCUT2D eigenvalue weighted by atomic mass is 9.89. The van der Waals surface area contributed by atoms with Crippen LogP contribution in [-0.4, -0.2) is 24.0 Å². The summed E-state index contributed by atoms with van der Waals surface area (Å²) >= 11 is 1.84. The van der Waals surface area contributed by atoms with Crippen LogP contribution in [0.4, 0.5) is 0 Å². The molecule has 2 heterocycles. The molecule has 2 N–H and O–H groups in total. The zero-order chi connectivity index (χ0) is 14.1. The van der Waals surface area contributed by atoms with Crippen molar-refractivity contribution in [2.45, 2.75) is 38.8 Å². The van der Waals surface area contributed by atoms with Crippen molar-refractivity contribution >= 4 is 21.4 Å². The first-order valence-corrected chi connectivity index (χ1v) is 8.52. The standard InChI is InChI=1S/C17H24N2S/c1-12-6-5-9-19(13(12)2)16(10-18)15-11-20-17-8-4-3-7-14(15)17/h3-4,7-8,11-13,16H,5-6,9-10,18H2,1-2H3. The molecule has 2 nitrogen and oxygen atoms in total. The van der Waals surface area contributed by atoms with Crippen LogP contribution in [0.3, 0.4) is 0 Å². The van der Waals surface area contributed by atoms with Gasteiger partial charge in [0.2, 0.25) is 0 Å². The maximum absolute atomic E-state index is 6.16. The molecule has 3 unspecified atom stereocenters. The lowest BCUT2D eigenvalue weighted by molar-refractivity contribution is 0.0717. The van der Waals surface area contributed by atoms with Gasteiger partial charge in [0.1, 0.15) is 0 Å². The molecule has 1 saturated heterocycles. The van der Waals surface area contributed by atoms with Gasteiger partial charge in [-0.2, -0.15) is 0 Å². The number of nitrogens with two attached hydrogens (primary N) is 1. The van der Waals surface area contributed by atoms with Gasteiger partial charge >= 0.3 is 0 Å². The summed E-state index contributed by atoms with van der Waals surface area (Å²) in [5, 5.41) is 3.70. The summed E-state index contributed by atoms with van der Waals surface area (Å²) in [6.45, 7) is 6.62. The molecule has 3 atom stereocenters. The summed E-state index contributed by atoms with van der Waals surface area (Å²) in [7, 11) is 0. The molecule has 2 aromatic rings. The van der Waals surface area contributed by atoms with Crippen LogP contribution in [0.1, 0.15) is 38.3 Å². The number of hydrogen-bond donors (Lipinski definition) is 1. The van der Waals surface area contributed by atoms with E-state index in [1.807, 2.05) is 11.3 Å². The zero-order valence-corrected chi connectivity index (χ0v) is 13.2. The van der Waals surface area contributed by atoms with Gasteiger partial charge in [-0.1, -0.05) is 25.1 Å². The van der Waals surface area contributed by atoms with Gasteiger partial charge in [-0.3, -0.25) is 4.90 Å². The Labute approximate surface area is 125 Å². The first kappa shape index (κ1) is 14.1. The molecule has 1 aliphatic heterocycles. The van der Waals surface area contributed by atoms with E-state index in [2.05, 4.69) is 48.4 Å². The molecule has 0 bridgehead atoms. The first-order chi connectivity index (χ1) is 9.72. The third-order valence-corrected chi connectivity index (χ3v) is 5.90. The second kappa shape index (κ2) is 5.84. The number of likely N-dealkylation sites (tertiary alicyclic amines) is 1. The van der Waals surface area contributed by atoms with Crippen molar-refractivity contribution < 1.29 is 0 Å². The van der Waals surface area contributed by atoms with E-state index >= 15 is 0 Å². The molecule has 1 fully saturated rings. The Hall–Kier alpha value is -0.900. The molecule has 108 valence electrons. The fourth-order valence-electron chi connectivity index (χ4n) is 3.50. The van der Waals surface area contributed by atoms with E-state index in [-0.39, 0.29) is 0 Å². The summed E-state index contributed by atoms with van der Waals surface area (Å²) in [6, 6.07) is 9.68. The topological polar surface area (TPSA) is 29.3 Å². The SMILES string of the molecule is CC1CCCN(C(CN)c2csc3ccccc23)C1C. The molecule has 1 aromatic heterocycles. The molecule has 3 heteroatoms. The Morgan fingerprint density at radius 2 is 2.15 bits per heavy atom. The fourth-order valence-corrected chi connectivity index (χ4v) is 4.51. The number of benzene rings is 1. The van der Waals surface area contributed by atoms with E-state index in [1.54, 1.807) is 0 Å². The summed E-state index contributed by atoms with van der Waals surface area (Å²) in [5.74, 6) is 0.766. The Morgan fingerprint density at radius 1 is 1.35 bits per heavy atom. The highest BCUT2D eigenvalue weighted by Gasteiger charge is 2.31. The summed E-state index contributed by atoms with van der Waals surface area (Å²) in [5.41, 5.74) is 7.58. The van der Waals surface area contributed by atoms with Gasteiger partial charge in [0.15, 0.2) is 0 Å². The molecule has 3 rings (SSSR count). The zero-order valence-electron chi connectivity index (χ0n) is 12.4. The lowest BCUT2D eigenvalue weighted by Gasteiger charge is -2.42. The van der Waals surface area contributed by atoms with Crippen LogP contribution in [0.2, 0.25) is 0 Å². The maximum atomic E-state index is 6.16. The molecule has 0 amide bonds. The summed E-state index contributed by atoms with van der Waals surface area (Å²) < 4.78 is 1.37. The van der Waals surface area contributed by atoms with Gasteiger partial charge in [-0.15, -0.1) is 11.3 Å². The van der Waals surface area contributed by atoms with Crippen LogP contribution in [0.15, 0.2) is 29.6 Å². The highest BCUT2D eigenvalue weighted by molar-refractivity contribution is 7.17. The lowest BCUT2D eigenvalue weighted by Crippen LogP contribution is -2.46.